The second-order valence-corrected chi connectivity index (χ2v) is 7.49. The summed E-state index contributed by atoms with van der Waals surface area (Å²) in [6, 6.07) is 10.9. The summed E-state index contributed by atoms with van der Waals surface area (Å²) in [5.74, 6) is -0.717. The molecule has 0 atom stereocenters. The number of anilines is 1. The van der Waals surface area contributed by atoms with Crippen molar-refractivity contribution in [1.82, 2.24) is 4.98 Å². The van der Waals surface area contributed by atoms with Gasteiger partial charge < -0.3 is 10.1 Å². The van der Waals surface area contributed by atoms with Crippen LogP contribution in [0.3, 0.4) is 0 Å². The molecular weight excluding hydrogens is 486 g/mol. The minimum atomic E-state index is -4.55. The van der Waals surface area contributed by atoms with E-state index in [4.69, 9.17) is 27.9 Å². The maximum atomic E-state index is 12.7. The van der Waals surface area contributed by atoms with Crippen LogP contribution in [0, 0.1) is 10.1 Å². The number of nitro groups is 1. The lowest BCUT2D eigenvalue weighted by Crippen LogP contribution is -2.13. The van der Waals surface area contributed by atoms with Crippen molar-refractivity contribution in [2.24, 2.45) is 0 Å². The van der Waals surface area contributed by atoms with Crippen LogP contribution >= 0.6 is 23.2 Å². The number of ether oxygens (including phenoxy) is 1. The first-order chi connectivity index (χ1) is 15.5. The summed E-state index contributed by atoms with van der Waals surface area (Å²) >= 11 is 11.8. The molecule has 0 unspecified atom stereocenters. The van der Waals surface area contributed by atoms with E-state index in [0.29, 0.717) is 18.3 Å². The van der Waals surface area contributed by atoms with Crippen LogP contribution in [0.1, 0.15) is 21.5 Å². The quantitative estimate of drug-likeness (QED) is 0.309. The Balaban J connectivity index is 1.57. The maximum absolute atomic E-state index is 12.7. The van der Waals surface area contributed by atoms with Gasteiger partial charge in [-0.15, -0.1) is 0 Å². The molecular formula is C21H14Cl2F3N3O4. The number of carbonyl (C=O) groups is 1. The summed E-state index contributed by atoms with van der Waals surface area (Å²) < 4.78 is 43.3. The van der Waals surface area contributed by atoms with E-state index in [1.165, 1.54) is 12.1 Å². The highest BCUT2D eigenvalue weighted by Crippen LogP contribution is 2.33. The van der Waals surface area contributed by atoms with Gasteiger partial charge in [0, 0.05) is 30.4 Å². The van der Waals surface area contributed by atoms with E-state index in [2.05, 4.69) is 10.3 Å². The van der Waals surface area contributed by atoms with Crippen molar-refractivity contribution in [3.63, 3.8) is 0 Å². The number of halogens is 5. The molecule has 0 aliphatic heterocycles. The van der Waals surface area contributed by atoms with E-state index in [9.17, 15) is 28.1 Å². The van der Waals surface area contributed by atoms with Gasteiger partial charge in [0.2, 0.25) is 5.88 Å². The number of nitro benzene ring substituents is 1. The molecule has 0 spiro atoms. The summed E-state index contributed by atoms with van der Waals surface area (Å²) in [7, 11) is 0. The van der Waals surface area contributed by atoms with E-state index in [1.54, 1.807) is 24.3 Å². The molecule has 0 radical (unpaired) electrons. The molecule has 0 bridgehead atoms. The van der Waals surface area contributed by atoms with Gasteiger partial charge in [-0.05, 0) is 29.8 Å². The lowest BCUT2D eigenvalue weighted by molar-refractivity contribution is -0.384. The van der Waals surface area contributed by atoms with E-state index < -0.39 is 22.6 Å². The first-order valence-electron chi connectivity index (χ1n) is 9.24. The average molecular weight is 500 g/mol. The average Bonchev–Trinajstić information content (AvgIpc) is 2.75. The van der Waals surface area contributed by atoms with Crippen LogP contribution < -0.4 is 10.1 Å². The molecule has 12 heteroatoms. The van der Waals surface area contributed by atoms with Gasteiger partial charge in [-0.2, -0.15) is 13.2 Å². The molecule has 33 heavy (non-hydrogen) atoms. The Kier molecular flexibility index (Phi) is 7.39. The number of rotatable bonds is 7. The lowest BCUT2D eigenvalue weighted by atomic mass is 10.1. The van der Waals surface area contributed by atoms with Gasteiger partial charge in [-0.1, -0.05) is 35.3 Å². The fraction of sp³-hybridized carbons (Fsp3) is 0.143. The highest BCUT2D eigenvalue weighted by Gasteiger charge is 2.31. The van der Waals surface area contributed by atoms with Crippen molar-refractivity contribution < 1.29 is 27.6 Å². The second-order valence-electron chi connectivity index (χ2n) is 6.68. The molecule has 0 aliphatic carbocycles. The van der Waals surface area contributed by atoms with Gasteiger partial charge in [0.15, 0.2) is 0 Å². The number of non-ortho nitro benzene ring substituents is 1. The van der Waals surface area contributed by atoms with Crippen molar-refractivity contribution in [3.8, 4) is 5.88 Å². The zero-order chi connectivity index (χ0) is 24.2. The Morgan fingerprint density at radius 1 is 1.09 bits per heavy atom. The number of benzene rings is 2. The summed E-state index contributed by atoms with van der Waals surface area (Å²) in [6.07, 6.45) is -3.51. The third-order valence-electron chi connectivity index (χ3n) is 4.38. The second kappa shape index (κ2) is 10.1. The van der Waals surface area contributed by atoms with Crippen LogP contribution in [0.2, 0.25) is 10.0 Å². The number of alkyl halides is 3. The van der Waals surface area contributed by atoms with Gasteiger partial charge in [-0.25, -0.2) is 4.98 Å². The summed E-state index contributed by atoms with van der Waals surface area (Å²) in [4.78, 5) is 26.3. The molecule has 3 aromatic rings. The molecule has 2 aromatic carbocycles. The number of aromatic nitrogens is 1. The lowest BCUT2D eigenvalue weighted by Gasteiger charge is -2.11. The van der Waals surface area contributed by atoms with Gasteiger partial charge in [0.25, 0.3) is 11.6 Å². The van der Waals surface area contributed by atoms with Crippen molar-refractivity contribution in [1.29, 1.82) is 0 Å². The minimum absolute atomic E-state index is 0.0377. The normalized spacial score (nSPS) is 11.2. The maximum Gasteiger partial charge on any atom is 0.417 e. The minimum Gasteiger partial charge on any atom is -0.476 e. The molecule has 1 amide bonds. The summed E-state index contributed by atoms with van der Waals surface area (Å²) in [5, 5.41) is 13.3. The molecule has 7 nitrogen and oxygen atoms in total. The third-order valence-corrected chi connectivity index (χ3v) is 4.98. The topological polar surface area (TPSA) is 94.4 Å². The Morgan fingerprint density at radius 2 is 1.79 bits per heavy atom. The van der Waals surface area contributed by atoms with Crippen LogP contribution in [0.5, 0.6) is 5.88 Å². The number of amides is 1. The van der Waals surface area contributed by atoms with Gasteiger partial charge in [0.05, 0.1) is 27.7 Å². The highest BCUT2D eigenvalue weighted by atomic mass is 35.5. The fourth-order valence-electron chi connectivity index (χ4n) is 2.71. The standard InChI is InChI=1S/C21H14Cl2F3N3O4/c22-17-6-5-15(29(31)32)10-16(17)19(30)28-14-3-1-12(2-4-14)7-8-33-20-18(23)9-13(11-27-20)21(24,25)26/h1-6,9-11H,7-8H2,(H,28,30). The van der Waals surface area contributed by atoms with Crippen molar-refractivity contribution in [3.05, 3.63) is 91.6 Å². The Bertz CT molecular complexity index is 1190. The first-order valence-corrected chi connectivity index (χ1v) is 10.00. The van der Waals surface area contributed by atoms with Crippen molar-refractivity contribution in [2.75, 3.05) is 11.9 Å². The Labute approximate surface area is 195 Å². The van der Waals surface area contributed by atoms with Crippen molar-refractivity contribution in [2.45, 2.75) is 12.6 Å². The smallest absolute Gasteiger partial charge is 0.417 e. The first kappa shape index (κ1) is 24.3. The monoisotopic (exact) mass is 499 g/mol. The largest absolute Gasteiger partial charge is 0.476 e. The van der Waals surface area contributed by atoms with Crippen LogP contribution in [0.4, 0.5) is 24.5 Å². The summed E-state index contributed by atoms with van der Waals surface area (Å²) in [5.41, 5.74) is -0.0280. The Hall–Kier alpha value is -3.37. The van der Waals surface area contributed by atoms with Gasteiger partial charge in [0.1, 0.15) is 5.02 Å². The molecule has 0 saturated heterocycles. The number of hydrogen-bond donors (Lipinski definition) is 1. The molecule has 172 valence electrons. The summed E-state index contributed by atoms with van der Waals surface area (Å²) in [6.45, 7) is 0.104. The van der Waals surface area contributed by atoms with Gasteiger partial charge in [-0.3, -0.25) is 14.9 Å². The van der Waals surface area contributed by atoms with E-state index in [0.717, 1.165) is 17.7 Å². The third kappa shape index (κ3) is 6.33. The SMILES string of the molecule is O=C(Nc1ccc(CCOc2ncc(C(F)(F)F)cc2Cl)cc1)c1cc([N+](=O)[O-])ccc1Cl. The van der Waals surface area contributed by atoms with E-state index in [1.807, 2.05) is 0 Å². The molecule has 1 aromatic heterocycles. The molecule has 0 fully saturated rings. The van der Waals surface area contributed by atoms with Crippen LogP contribution in [0.15, 0.2) is 54.7 Å². The van der Waals surface area contributed by atoms with E-state index in [-0.39, 0.29) is 33.8 Å². The molecule has 0 aliphatic rings. The molecule has 1 N–H and O–H groups in total. The number of pyridine rings is 1. The molecule has 1 heterocycles. The van der Waals surface area contributed by atoms with Gasteiger partial charge >= 0.3 is 6.18 Å². The van der Waals surface area contributed by atoms with Crippen LogP contribution in [0.25, 0.3) is 0 Å². The van der Waals surface area contributed by atoms with E-state index >= 15 is 0 Å². The highest BCUT2D eigenvalue weighted by molar-refractivity contribution is 6.34. The number of nitrogens with zero attached hydrogens (tertiary/aromatic N) is 2. The number of hydrogen-bond acceptors (Lipinski definition) is 5. The predicted molar refractivity (Wildman–Crippen MR) is 116 cm³/mol. The molecule has 3 rings (SSSR count). The Morgan fingerprint density at radius 3 is 2.39 bits per heavy atom. The fourth-order valence-corrected chi connectivity index (χ4v) is 3.13. The van der Waals surface area contributed by atoms with Crippen molar-refractivity contribution >= 4 is 40.5 Å². The van der Waals surface area contributed by atoms with Crippen LogP contribution in [-0.4, -0.2) is 22.4 Å². The number of carbonyl (C=O) groups excluding carboxylic acids is 1. The zero-order valence-electron chi connectivity index (χ0n) is 16.5. The zero-order valence-corrected chi connectivity index (χ0v) is 18.0. The predicted octanol–water partition coefficient (Wildman–Crippen LogP) is 6.19. The number of nitrogens with one attached hydrogen (secondary N) is 1. The molecule has 0 saturated carbocycles. The van der Waals surface area contributed by atoms with Crippen LogP contribution in [-0.2, 0) is 12.6 Å².